The number of aromatic nitrogens is 6. The maximum absolute atomic E-state index is 4.82. The Bertz CT molecular complexity index is 1100. The van der Waals surface area contributed by atoms with Crippen LogP contribution in [0.4, 0.5) is 0 Å². The van der Waals surface area contributed by atoms with Crippen molar-refractivity contribution in [1.29, 1.82) is 0 Å². The SMILES string of the molecule is CCn1cc(CN2CCC[C@H](c3nc4ccc(-c5cccnc5)cn4n3)C2)cn1. The molecule has 5 rings (SSSR count). The number of hydrogen-bond acceptors (Lipinski definition) is 5. The molecule has 0 aromatic carbocycles. The van der Waals surface area contributed by atoms with Gasteiger partial charge in [-0.15, -0.1) is 0 Å². The van der Waals surface area contributed by atoms with Crippen LogP contribution < -0.4 is 0 Å². The van der Waals surface area contributed by atoms with Crippen LogP contribution in [0.5, 0.6) is 0 Å². The summed E-state index contributed by atoms with van der Waals surface area (Å²) in [5, 5.41) is 9.22. The highest BCUT2D eigenvalue weighted by atomic mass is 15.3. The van der Waals surface area contributed by atoms with Crippen molar-refractivity contribution >= 4 is 5.65 Å². The lowest BCUT2D eigenvalue weighted by atomic mass is 9.97. The maximum atomic E-state index is 4.82. The van der Waals surface area contributed by atoms with Crippen molar-refractivity contribution in [3.63, 3.8) is 0 Å². The normalized spacial score (nSPS) is 17.8. The number of piperidine rings is 1. The highest BCUT2D eigenvalue weighted by molar-refractivity contribution is 5.63. The van der Waals surface area contributed by atoms with Crippen molar-refractivity contribution in [2.45, 2.75) is 38.8 Å². The molecule has 0 bridgehead atoms. The average Bonchev–Trinajstić information content (AvgIpc) is 3.40. The van der Waals surface area contributed by atoms with E-state index in [-0.39, 0.29) is 0 Å². The second-order valence-electron chi connectivity index (χ2n) is 7.71. The number of rotatable bonds is 5. The highest BCUT2D eigenvalue weighted by Gasteiger charge is 2.25. The van der Waals surface area contributed by atoms with Gasteiger partial charge in [0, 0.05) is 67.0 Å². The molecule has 5 heterocycles. The third-order valence-electron chi connectivity index (χ3n) is 5.63. The van der Waals surface area contributed by atoms with Crippen LogP contribution >= 0.6 is 0 Å². The minimum atomic E-state index is 0.367. The second kappa shape index (κ2) is 7.75. The fourth-order valence-corrected chi connectivity index (χ4v) is 4.11. The lowest BCUT2D eigenvalue weighted by Crippen LogP contribution is -2.34. The van der Waals surface area contributed by atoms with Gasteiger partial charge >= 0.3 is 0 Å². The quantitative estimate of drug-likeness (QED) is 0.525. The second-order valence-corrected chi connectivity index (χ2v) is 7.71. The van der Waals surface area contributed by atoms with Crippen LogP contribution in [0.25, 0.3) is 16.8 Å². The number of fused-ring (bicyclic) bond motifs is 1. The highest BCUT2D eigenvalue weighted by Crippen LogP contribution is 2.27. The van der Waals surface area contributed by atoms with Gasteiger partial charge in [-0.2, -0.15) is 10.2 Å². The van der Waals surface area contributed by atoms with E-state index in [0.717, 1.165) is 55.2 Å². The molecule has 1 aliphatic rings. The van der Waals surface area contributed by atoms with Gasteiger partial charge in [-0.3, -0.25) is 14.6 Å². The van der Waals surface area contributed by atoms with Gasteiger partial charge in [-0.05, 0) is 44.5 Å². The molecular weight excluding hydrogens is 362 g/mol. The Balaban J connectivity index is 1.34. The summed E-state index contributed by atoms with van der Waals surface area (Å²) in [5.41, 5.74) is 4.36. The zero-order chi connectivity index (χ0) is 19.6. The van der Waals surface area contributed by atoms with Crippen molar-refractivity contribution in [1.82, 2.24) is 34.3 Å². The van der Waals surface area contributed by atoms with Crippen LogP contribution in [0.2, 0.25) is 0 Å². The molecule has 4 aromatic heterocycles. The number of likely N-dealkylation sites (tertiary alicyclic amines) is 1. The minimum Gasteiger partial charge on any atom is -0.298 e. The molecule has 4 aromatic rings. The van der Waals surface area contributed by atoms with E-state index in [2.05, 4.69) is 40.2 Å². The Kier molecular flexibility index (Phi) is 4.81. The van der Waals surface area contributed by atoms with Crippen LogP contribution in [0, 0.1) is 0 Å². The van der Waals surface area contributed by atoms with Crippen molar-refractivity contribution in [3.05, 3.63) is 66.6 Å². The minimum absolute atomic E-state index is 0.367. The molecule has 7 nitrogen and oxygen atoms in total. The molecule has 0 amide bonds. The lowest BCUT2D eigenvalue weighted by molar-refractivity contribution is 0.196. The molecule has 7 heteroatoms. The summed E-state index contributed by atoms with van der Waals surface area (Å²) in [7, 11) is 0. The first-order valence-corrected chi connectivity index (χ1v) is 10.3. The largest absolute Gasteiger partial charge is 0.298 e. The van der Waals surface area contributed by atoms with Crippen molar-refractivity contribution in [2.24, 2.45) is 0 Å². The molecule has 1 atom stereocenters. The fraction of sp³-hybridized carbons (Fsp3) is 0.364. The summed E-state index contributed by atoms with van der Waals surface area (Å²) in [6, 6.07) is 8.14. The molecule has 0 saturated carbocycles. The Morgan fingerprint density at radius 3 is 2.90 bits per heavy atom. The smallest absolute Gasteiger partial charge is 0.156 e. The van der Waals surface area contributed by atoms with E-state index < -0.39 is 0 Å². The number of pyridine rings is 2. The van der Waals surface area contributed by atoms with E-state index in [1.54, 1.807) is 6.20 Å². The monoisotopic (exact) mass is 387 g/mol. The zero-order valence-electron chi connectivity index (χ0n) is 16.6. The Morgan fingerprint density at radius 2 is 2.07 bits per heavy atom. The standard InChI is InChI=1S/C22H25N7/c1-2-28-14-17(11-24-28)13-27-10-4-6-20(15-27)22-25-21-8-7-19(16-29(21)26-22)18-5-3-9-23-12-18/h3,5,7-9,11-12,14,16,20H,2,4,6,10,13,15H2,1H3/t20-/m0/s1. The first-order valence-electron chi connectivity index (χ1n) is 10.3. The third kappa shape index (κ3) is 3.78. The van der Waals surface area contributed by atoms with Gasteiger partial charge in [-0.1, -0.05) is 6.07 Å². The maximum Gasteiger partial charge on any atom is 0.156 e. The molecule has 0 N–H and O–H groups in total. The summed E-state index contributed by atoms with van der Waals surface area (Å²) in [6.45, 7) is 6.07. The van der Waals surface area contributed by atoms with E-state index in [1.807, 2.05) is 39.9 Å². The van der Waals surface area contributed by atoms with Crippen molar-refractivity contribution in [2.75, 3.05) is 13.1 Å². The predicted molar refractivity (Wildman–Crippen MR) is 111 cm³/mol. The van der Waals surface area contributed by atoms with Crippen LogP contribution in [-0.2, 0) is 13.1 Å². The molecule has 1 fully saturated rings. The van der Waals surface area contributed by atoms with Crippen LogP contribution in [0.1, 0.15) is 37.1 Å². The van der Waals surface area contributed by atoms with E-state index >= 15 is 0 Å². The summed E-state index contributed by atoms with van der Waals surface area (Å²) in [6.07, 6.45) is 12.1. The summed E-state index contributed by atoms with van der Waals surface area (Å²) in [4.78, 5) is 11.5. The van der Waals surface area contributed by atoms with Gasteiger partial charge in [0.25, 0.3) is 0 Å². The predicted octanol–water partition coefficient (Wildman–Crippen LogP) is 3.39. The van der Waals surface area contributed by atoms with Gasteiger partial charge in [0.1, 0.15) is 0 Å². The first kappa shape index (κ1) is 18.0. The first-order chi connectivity index (χ1) is 14.3. The molecule has 148 valence electrons. The van der Waals surface area contributed by atoms with Gasteiger partial charge in [0.15, 0.2) is 11.5 Å². The molecule has 0 unspecified atom stereocenters. The third-order valence-corrected chi connectivity index (χ3v) is 5.63. The zero-order valence-corrected chi connectivity index (χ0v) is 16.6. The molecular formula is C22H25N7. The van der Waals surface area contributed by atoms with Gasteiger partial charge in [-0.25, -0.2) is 9.50 Å². The Labute approximate surface area is 170 Å². The summed E-state index contributed by atoms with van der Waals surface area (Å²) < 4.78 is 3.89. The Hall–Kier alpha value is -3.06. The topological polar surface area (TPSA) is 64.1 Å². The summed E-state index contributed by atoms with van der Waals surface area (Å²) >= 11 is 0. The van der Waals surface area contributed by atoms with E-state index in [9.17, 15) is 0 Å². The molecule has 29 heavy (non-hydrogen) atoms. The molecule has 0 spiro atoms. The van der Waals surface area contributed by atoms with Gasteiger partial charge < -0.3 is 0 Å². The number of hydrogen-bond donors (Lipinski definition) is 0. The van der Waals surface area contributed by atoms with Crippen LogP contribution in [-0.4, -0.2) is 47.4 Å². The van der Waals surface area contributed by atoms with E-state index in [0.29, 0.717) is 5.92 Å². The fourth-order valence-electron chi connectivity index (χ4n) is 4.11. The molecule has 1 aliphatic heterocycles. The van der Waals surface area contributed by atoms with Crippen molar-refractivity contribution in [3.8, 4) is 11.1 Å². The van der Waals surface area contributed by atoms with Crippen LogP contribution in [0.15, 0.2) is 55.2 Å². The molecule has 0 aliphatic carbocycles. The van der Waals surface area contributed by atoms with Crippen molar-refractivity contribution < 1.29 is 0 Å². The Morgan fingerprint density at radius 1 is 1.10 bits per heavy atom. The van der Waals surface area contributed by atoms with E-state index in [4.69, 9.17) is 10.1 Å². The van der Waals surface area contributed by atoms with Crippen LogP contribution in [0.3, 0.4) is 0 Å². The van der Waals surface area contributed by atoms with E-state index in [1.165, 1.54) is 12.0 Å². The van der Waals surface area contributed by atoms with Gasteiger partial charge in [0.2, 0.25) is 0 Å². The lowest BCUT2D eigenvalue weighted by Gasteiger charge is -2.30. The summed E-state index contributed by atoms with van der Waals surface area (Å²) in [5.74, 6) is 1.31. The molecule has 1 saturated heterocycles. The number of aryl methyl sites for hydroxylation is 1. The number of nitrogens with zero attached hydrogens (tertiary/aromatic N) is 7. The molecule has 0 radical (unpaired) electrons. The average molecular weight is 387 g/mol. The van der Waals surface area contributed by atoms with Gasteiger partial charge in [0.05, 0.1) is 6.20 Å².